The summed E-state index contributed by atoms with van der Waals surface area (Å²) in [6.45, 7) is 14.4. The first-order valence-corrected chi connectivity index (χ1v) is 13.2. The van der Waals surface area contributed by atoms with Crippen LogP contribution in [0.5, 0.6) is 0 Å². The fraction of sp³-hybridized carbons (Fsp3) is 0.828. The molecule has 0 radical (unpaired) electrons. The molecular formula is C29H46O2. The largest absolute Gasteiger partial charge is 0.392 e. The number of aliphatic hydroxyl groups is 1. The minimum atomic E-state index is -0.269. The van der Waals surface area contributed by atoms with E-state index in [9.17, 15) is 9.90 Å². The van der Waals surface area contributed by atoms with Crippen molar-refractivity contribution in [2.24, 2.45) is 52.3 Å². The van der Waals surface area contributed by atoms with Gasteiger partial charge in [-0.15, -0.1) is 0 Å². The number of aliphatic hydroxyl groups excluding tert-OH is 1. The van der Waals surface area contributed by atoms with Crippen molar-refractivity contribution in [1.82, 2.24) is 0 Å². The van der Waals surface area contributed by atoms with E-state index in [0.717, 1.165) is 18.8 Å². The molecule has 31 heavy (non-hydrogen) atoms. The molecule has 0 spiro atoms. The summed E-state index contributed by atoms with van der Waals surface area (Å²) in [5.74, 6) is 4.58. The molecule has 4 rings (SSSR count). The second-order valence-electron chi connectivity index (χ2n) is 12.4. The summed E-state index contributed by atoms with van der Waals surface area (Å²) in [5.41, 5.74) is 1.73. The Balaban J connectivity index is 1.56. The Morgan fingerprint density at radius 1 is 1.10 bits per heavy atom. The van der Waals surface area contributed by atoms with Gasteiger partial charge in [0.1, 0.15) is 0 Å². The predicted molar refractivity (Wildman–Crippen MR) is 129 cm³/mol. The zero-order valence-corrected chi connectivity index (χ0v) is 20.9. The number of carbonyl (C=O) groups excluding carboxylic acids is 1. The van der Waals surface area contributed by atoms with Crippen molar-refractivity contribution in [3.63, 3.8) is 0 Å². The second-order valence-corrected chi connectivity index (χ2v) is 12.4. The van der Waals surface area contributed by atoms with E-state index in [2.05, 4.69) is 53.7 Å². The van der Waals surface area contributed by atoms with Crippen molar-refractivity contribution in [2.75, 3.05) is 0 Å². The van der Waals surface area contributed by atoms with E-state index in [-0.39, 0.29) is 17.3 Å². The zero-order valence-electron chi connectivity index (χ0n) is 20.9. The molecule has 0 bridgehead atoms. The van der Waals surface area contributed by atoms with Gasteiger partial charge in [-0.3, -0.25) is 4.79 Å². The van der Waals surface area contributed by atoms with E-state index in [1.165, 1.54) is 37.7 Å². The molecule has 1 N–H and O–H groups in total. The highest BCUT2D eigenvalue weighted by atomic mass is 16.3. The second kappa shape index (κ2) is 8.47. The summed E-state index contributed by atoms with van der Waals surface area (Å²) >= 11 is 0. The topological polar surface area (TPSA) is 37.3 Å². The Hall–Kier alpha value is -0.890. The Bertz CT molecular complexity index is 748. The lowest BCUT2D eigenvalue weighted by atomic mass is 9.46. The van der Waals surface area contributed by atoms with E-state index in [4.69, 9.17) is 0 Å². The van der Waals surface area contributed by atoms with E-state index < -0.39 is 0 Å². The van der Waals surface area contributed by atoms with Crippen LogP contribution in [0.3, 0.4) is 0 Å². The molecule has 174 valence electrons. The number of ketones is 1. The van der Waals surface area contributed by atoms with Crippen LogP contribution in [0, 0.1) is 52.3 Å². The van der Waals surface area contributed by atoms with Gasteiger partial charge in [0.15, 0.2) is 5.78 Å². The number of hydrogen-bond acceptors (Lipinski definition) is 2. The molecule has 2 heteroatoms. The van der Waals surface area contributed by atoms with Crippen molar-refractivity contribution < 1.29 is 9.90 Å². The third-order valence-corrected chi connectivity index (χ3v) is 10.7. The highest BCUT2D eigenvalue weighted by molar-refractivity contribution is 5.91. The predicted octanol–water partition coefficient (Wildman–Crippen LogP) is 6.98. The number of carbonyl (C=O) groups is 1. The number of fused-ring (bicyclic) bond motifs is 5. The molecule has 0 saturated heterocycles. The van der Waals surface area contributed by atoms with Gasteiger partial charge in [0.2, 0.25) is 0 Å². The molecule has 4 aliphatic rings. The summed E-state index contributed by atoms with van der Waals surface area (Å²) in [7, 11) is 0. The first-order valence-electron chi connectivity index (χ1n) is 13.2. The third-order valence-electron chi connectivity index (χ3n) is 10.7. The van der Waals surface area contributed by atoms with Crippen molar-refractivity contribution in [2.45, 2.75) is 99.0 Å². The lowest BCUT2D eigenvalue weighted by Gasteiger charge is -2.59. The standard InChI is InChI=1S/C29H46O2/c1-7-20(18(2)3)9-8-19(4)23-10-11-24-27-25(13-15-29(23,24)6)28(5)14-12-22(30)16-21(28)17-26(27)31/h8-9,16,18-20,23-27,31H,7,10-15,17H2,1-6H3. The summed E-state index contributed by atoms with van der Waals surface area (Å²) in [6.07, 6.45) is 15.4. The van der Waals surface area contributed by atoms with Gasteiger partial charge in [-0.25, -0.2) is 0 Å². The van der Waals surface area contributed by atoms with Crippen LogP contribution in [0.4, 0.5) is 0 Å². The fourth-order valence-electron chi connectivity index (χ4n) is 8.71. The van der Waals surface area contributed by atoms with Crippen molar-refractivity contribution in [1.29, 1.82) is 0 Å². The van der Waals surface area contributed by atoms with Crippen LogP contribution in [0.2, 0.25) is 0 Å². The van der Waals surface area contributed by atoms with Crippen molar-refractivity contribution in [3.8, 4) is 0 Å². The molecule has 0 amide bonds. The van der Waals surface area contributed by atoms with Gasteiger partial charge in [0, 0.05) is 6.42 Å². The number of hydrogen-bond donors (Lipinski definition) is 1. The first kappa shape index (κ1) is 23.3. The maximum atomic E-state index is 12.1. The average molecular weight is 427 g/mol. The van der Waals surface area contributed by atoms with Crippen LogP contribution in [0.1, 0.15) is 92.9 Å². The molecule has 9 atom stereocenters. The van der Waals surface area contributed by atoms with Gasteiger partial charge in [0.25, 0.3) is 0 Å². The Morgan fingerprint density at radius 2 is 1.84 bits per heavy atom. The molecule has 0 heterocycles. The van der Waals surface area contributed by atoms with Gasteiger partial charge in [-0.2, -0.15) is 0 Å². The SMILES string of the molecule is CCC(C=CC(C)C1CCC2C3C(O)CC4=CC(=O)CCC4(C)C3CCC12C)C(C)C. The monoisotopic (exact) mass is 426 g/mol. The van der Waals surface area contributed by atoms with Crippen LogP contribution in [0.25, 0.3) is 0 Å². The zero-order chi connectivity index (χ0) is 22.6. The fourth-order valence-corrected chi connectivity index (χ4v) is 8.71. The summed E-state index contributed by atoms with van der Waals surface area (Å²) in [6, 6.07) is 0. The minimum absolute atomic E-state index is 0.133. The van der Waals surface area contributed by atoms with Crippen molar-refractivity contribution in [3.05, 3.63) is 23.8 Å². The van der Waals surface area contributed by atoms with E-state index >= 15 is 0 Å². The molecule has 2 nitrogen and oxygen atoms in total. The Labute approximate surface area is 191 Å². The van der Waals surface area contributed by atoms with Crippen molar-refractivity contribution >= 4 is 5.78 Å². The van der Waals surface area contributed by atoms with Gasteiger partial charge in [-0.1, -0.05) is 59.3 Å². The maximum absolute atomic E-state index is 12.1. The molecule has 0 aromatic heterocycles. The van der Waals surface area contributed by atoms with Gasteiger partial charge in [-0.05, 0) is 103 Å². The minimum Gasteiger partial charge on any atom is -0.392 e. The van der Waals surface area contributed by atoms with E-state index in [1.807, 2.05) is 6.08 Å². The smallest absolute Gasteiger partial charge is 0.155 e. The molecule has 0 aromatic rings. The van der Waals surface area contributed by atoms with E-state index in [1.54, 1.807) is 0 Å². The van der Waals surface area contributed by atoms with Gasteiger partial charge in [0.05, 0.1) is 6.10 Å². The normalized spacial score (nSPS) is 44.6. The van der Waals surface area contributed by atoms with Gasteiger partial charge < -0.3 is 5.11 Å². The molecule has 4 aliphatic carbocycles. The third kappa shape index (κ3) is 3.79. The molecule has 9 unspecified atom stereocenters. The quantitative estimate of drug-likeness (QED) is 0.481. The summed E-state index contributed by atoms with van der Waals surface area (Å²) < 4.78 is 0. The summed E-state index contributed by atoms with van der Waals surface area (Å²) in [5, 5.41) is 11.3. The Kier molecular flexibility index (Phi) is 6.36. The molecular weight excluding hydrogens is 380 g/mol. The number of rotatable bonds is 5. The van der Waals surface area contributed by atoms with Crippen LogP contribution in [-0.4, -0.2) is 17.0 Å². The number of allylic oxidation sites excluding steroid dienone is 2. The molecule has 3 fully saturated rings. The van der Waals surface area contributed by atoms with Crippen LogP contribution >= 0.6 is 0 Å². The van der Waals surface area contributed by atoms with E-state index in [0.29, 0.717) is 47.3 Å². The van der Waals surface area contributed by atoms with Crippen LogP contribution in [-0.2, 0) is 4.79 Å². The van der Waals surface area contributed by atoms with Gasteiger partial charge >= 0.3 is 0 Å². The lowest BCUT2D eigenvalue weighted by molar-refractivity contribution is -0.124. The van der Waals surface area contributed by atoms with Crippen LogP contribution < -0.4 is 0 Å². The first-order chi connectivity index (χ1) is 14.6. The molecule has 0 aromatic carbocycles. The lowest BCUT2D eigenvalue weighted by Crippen LogP contribution is -2.55. The molecule has 0 aliphatic heterocycles. The Morgan fingerprint density at radius 3 is 2.52 bits per heavy atom. The summed E-state index contributed by atoms with van der Waals surface area (Å²) in [4.78, 5) is 12.1. The molecule has 3 saturated carbocycles. The highest BCUT2D eigenvalue weighted by Gasteiger charge is 2.61. The highest BCUT2D eigenvalue weighted by Crippen LogP contribution is 2.67. The average Bonchev–Trinajstić information content (AvgIpc) is 3.06. The van der Waals surface area contributed by atoms with Crippen LogP contribution in [0.15, 0.2) is 23.8 Å². The maximum Gasteiger partial charge on any atom is 0.155 e.